The van der Waals surface area contributed by atoms with Gasteiger partial charge in [0.05, 0.1) is 22.8 Å². The van der Waals surface area contributed by atoms with Gasteiger partial charge in [-0.25, -0.2) is 0 Å². The summed E-state index contributed by atoms with van der Waals surface area (Å²) in [7, 11) is -3.77. The molecule has 0 heterocycles. The first-order valence-corrected chi connectivity index (χ1v) is 11.3. The summed E-state index contributed by atoms with van der Waals surface area (Å²) in [6.07, 6.45) is -0.210. The fourth-order valence-corrected chi connectivity index (χ4v) is 4.57. The molecule has 0 bridgehead atoms. The van der Waals surface area contributed by atoms with Crippen molar-refractivity contribution in [3.8, 4) is 28.4 Å². The Labute approximate surface area is 179 Å². The number of benzene rings is 3. The highest BCUT2D eigenvalue weighted by Gasteiger charge is 2.21. The third-order valence-electron chi connectivity index (χ3n) is 4.04. The quantitative estimate of drug-likeness (QED) is 0.382. The van der Waals surface area contributed by atoms with Gasteiger partial charge in [-0.2, -0.15) is 0 Å². The molecule has 0 fully saturated rings. The third kappa shape index (κ3) is 5.53. The summed E-state index contributed by atoms with van der Waals surface area (Å²) >= 11 is 12.6. The number of aromatic hydroxyl groups is 1. The van der Waals surface area contributed by atoms with Crippen LogP contribution in [0.5, 0.6) is 17.2 Å². The van der Waals surface area contributed by atoms with Crippen LogP contribution in [0.3, 0.4) is 0 Å². The zero-order valence-corrected chi connectivity index (χ0v) is 17.9. The number of phenolic OH excluding ortho intramolecular Hbond substituents is 1. The molecule has 3 aromatic carbocycles. The minimum Gasteiger partial charge on any atom is -0.507 e. The highest BCUT2D eigenvalue weighted by Crippen LogP contribution is 2.47. The summed E-state index contributed by atoms with van der Waals surface area (Å²) in [5, 5.41) is 10.6. The highest BCUT2D eigenvalue weighted by molar-refractivity contribution is 7.51. The Morgan fingerprint density at radius 2 is 1.66 bits per heavy atom. The molecule has 2 N–H and O–H groups in total. The number of phenols is 1. The lowest BCUT2D eigenvalue weighted by molar-refractivity contribution is 0.272. The first kappa shape index (κ1) is 21.7. The largest absolute Gasteiger partial charge is 0.507 e. The molecule has 0 amide bonds. The standard InChI is InChI=1S/C21H19Cl2O5P/c1-2-27-29(25,26)13-14-10-18(22)21(19(23)11-14)28-16-8-9-20(24)17(12-16)15-6-4-3-5-7-15/h3-12,24H,2,13H2,1H3,(H,25,26). The lowest BCUT2D eigenvalue weighted by Crippen LogP contribution is -1.95. The van der Waals surface area contributed by atoms with E-state index >= 15 is 0 Å². The molecule has 5 nitrogen and oxygen atoms in total. The van der Waals surface area contributed by atoms with Crippen LogP contribution in [0.1, 0.15) is 12.5 Å². The van der Waals surface area contributed by atoms with Gasteiger partial charge in [-0.05, 0) is 48.4 Å². The average molecular weight is 453 g/mol. The fourth-order valence-electron chi connectivity index (χ4n) is 2.82. The number of rotatable bonds is 7. The van der Waals surface area contributed by atoms with Gasteiger partial charge < -0.3 is 19.3 Å². The van der Waals surface area contributed by atoms with E-state index in [-0.39, 0.29) is 34.3 Å². The minimum absolute atomic E-state index is 0.116. The van der Waals surface area contributed by atoms with Crippen molar-refractivity contribution in [2.24, 2.45) is 0 Å². The van der Waals surface area contributed by atoms with Gasteiger partial charge in [0.15, 0.2) is 5.75 Å². The molecule has 0 saturated carbocycles. The van der Waals surface area contributed by atoms with E-state index in [2.05, 4.69) is 0 Å². The van der Waals surface area contributed by atoms with Crippen LogP contribution in [0.2, 0.25) is 10.0 Å². The van der Waals surface area contributed by atoms with Crippen molar-refractivity contribution >= 4 is 30.8 Å². The normalized spacial score (nSPS) is 13.1. The van der Waals surface area contributed by atoms with Crippen molar-refractivity contribution in [3.63, 3.8) is 0 Å². The molecular formula is C21H19Cl2O5P. The maximum atomic E-state index is 12.0. The number of ether oxygens (including phenoxy) is 1. The van der Waals surface area contributed by atoms with Crippen molar-refractivity contribution in [1.82, 2.24) is 0 Å². The van der Waals surface area contributed by atoms with Gasteiger partial charge in [-0.1, -0.05) is 53.5 Å². The summed E-state index contributed by atoms with van der Waals surface area (Å²) in [5.74, 6) is 0.761. The Morgan fingerprint density at radius 3 is 2.28 bits per heavy atom. The molecule has 8 heteroatoms. The van der Waals surface area contributed by atoms with E-state index in [1.165, 1.54) is 18.2 Å². The minimum atomic E-state index is -3.77. The maximum absolute atomic E-state index is 12.0. The van der Waals surface area contributed by atoms with Crippen LogP contribution in [-0.2, 0) is 15.3 Å². The van der Waals surface area contributed by atoms with Crippen LogP contribution in [0.25, 0.3) is 11.1 Å². The Bertz CT molecular complexity index is 1030. The van der Waals surface area contributed by atoms with Gasteiger partial charge in [-0.3, -0.25) is 4.57 Å². The molecule has 29 heavy (non-hydrogen) atoms. The molecule has 1 unspecified atom stereocenters. The Kier molecular flexibility index (Phi) is 6.89. The van der Waals surface area contributed by atoms with Gasteiger partial charge in [0.25, 0.3) is 0 Å². The second-order valence-corrected chi connectivity index (χ2v) is 8.91. The third-order valence-corrected chi connectivity index (χ3v) is 6.03. The Morgan fingerprint density at radius 1 is 1.00 bits per heavy atom. The SMILES string of the molecule is CCOP(=O)(O)Cc1cc(Cl)c(Oc2ccc(O)c(-c3ccccc3)c2)c(Cl)c1. The van der Waals surface area contributed by atoms with Crippen LogP contribution in [0, 0.1) is 0 Å². The van der Waals surface area contributed by atoms with Crippen LogP contribution in [0.4, 0.5) is 0 Å². The van der Waals surface area contributed by atoms with Crippen molar-refractivity contribution in [2.75, 3.05) is 6.61 Å². The smallest absolute Gasteiger partial charge is 0.332 e. The summed E-state index contributed by atoms with van der Waals surface area (Å²) in [6, 6.07) is 17.2. The molecule has 3 aromatic rings. The molecule has 0 radical (unpaired) electrons. The molecule has 3 rings (SSSR count). The summed E-state index contributed by atoms with van der Waals surface area (Å²) in [4.78, 5) is 9.81. The predicted molar refractivity (Wildman–Crippen MR) is 115 cm³/mol. The monoisotopic (exact) mass is 452 g/mol. The van der Waals surface area contributed by atoms with Crippen molar-refractivity contribution < 1.29 is 23.8 Å². The molecule has 0 aliphatic rings. The topological polar surface area (TPSA) is 76.0 Å². The van der Waals surface area contributed by atoms with Crippen molar-refractivity contribution in [1.29, 1.82) is 0 Å². The van der Waals surface area contributed by atoms with Crippen LogP contribution in [0.15, 0.2) is 60.7 Å². The van der Waals surface area contributed by atoms with E-state index < -0.39 is 7.60 Å². The van der Waals surface area contributed by atoms with Crippen LogP contribution in [-0.4, -0.2) is 16.6 Å². The Balaban J connectivity index is 1.88. The van der Waals surface area contributed by atoms with Gasteiger partial charge in [0.2, 0.25) is 0 Å². The summed E-state index contributed by atoms with van der Waals surface area (Å²) < 4.78 is 22.7. The molecule has 0 spiro atoms. The van der Waals surface area contributed by atoms with Crippen LogP contribution < -0.4 is 4.74 Å². The van der Waals surface area contributed by atoms with Crippen molar-refractivity contribution in [2.45, 2.75) is 13.1 Å². The summed E-state index contributed by atoms with van der Waals surface area (Å²) in [5.41, 5.74) is 1.89. The maximum Gasteiger partial charge on any atom is 0.332 e. The lowest BCUT2D eigenvalue weighted by atomic mass is 10.0. The van der Waals surface area contributed by atoms with E-state index in [0.29, 0.717) is 16.9 Å². The average Bonchev–Trinajstić information content (AvgIpc) is 2.66. The number of halogens is 2. The summed E-state index contributed by atoms with van der Waals surface area (Å²) in [6.45, 7) is 1.77. The molecule has 0 saturated heterocycles. The van der Waals surface area contributed by atoms with Crippen LogP contribution >= 0.6 is 30.8 Å². The van der Waals surface area contributed by atoms with Gasteiger partial charge in [0.1, 0.15) is 11.5 Å². The first-order valence-electron chi connectivity index (χ1n) is 8.79. The van der Waals surface area contributed by atoms with Gasteiger partial charge in [-0.15, -0.1) is 0 Å². The highest BCUT2D eigenvalue weighted by atomic mass is 35.5. The first-order chi connectivity index (χ1) is 13.8. The van der Waals surface area contributed by atoms with E-state index in [0.717, 1.165) is 5.56 Å². The molecule has 152 valence electrons. The number of hydrogen-bond donors (Lipinski definition) is 2. The van der Waals surface area contributed by atoms with E-state index in [1.807, 2.05) is 30.3 Å². The molecule has 0 aliphatic heterocycles. The molecular weight excluding hydrogens is 434 g/mol. The van der Waals surface area contributed by atoms with E-state index in [4.69, 9.17) is 32.5 Å². The molecule has 0 aliphatic carbocycles. The van der Waals surface area contributed by atoms with Gasteiger partial charge in [0, 0.05) is 5.56 Å². The number of hydrogen-bond acceptors (Lipinski definition) is 4. The lowest BCUT2D eigenvalue weighted by Gasteiger charge is -2.15. The molecule has 0 aromatic heterocycles. The molecule has 1 atom stereocenters. The van der Waals surface area contributed by atoms with E-state index in [1.54, 1.807) is 19.1 Å². The van der Waals surface area contributed by atoms with Gasteiger partial charge >= 0.3 is 7.60 Å². The second kappa shape index (κ2) is 9.21. The van der Waals surface area contributed by atoms with E-state index in [9.17, 15) is 14.6 Å². The zero-order chi connectivity index (χ0) is 21.0. The zero-order valence-electron chi connectivity index (χ0n) is 15.5. The second-order valence-electron chi connectivity index (χ2n) is 6.25. The fraction of sp³-hybridized carbons (Fsp3) is 0.143. The Hall–Kier alpha value is -2.01. The predicted octanol–water partition coefficient (Wildman–Crippen LogP) is 6.88. The van der Waals surface area contributed by atoms with Crippen molar-refractivity contribution in [3.05, 3.63) is 76.3 Å².